The fourth-order valence-corrected chi connectivity index (χ4v) is 2.25. The van der Waals surface area contributed by atoms with Crippen LogP contribution in [0.4, 0.5) is 0 Å². The van der Waals surface area contributed by atoms with Crippen molar-refractivity contribution in [2.45, 2.75) is 32.4 Å². The third-order valence-electron chi connectivity index (χ3n) is 3.41. The molecule has 1 amide bonds. The average Bonchev–Trinajstić information content (AvgIpc) is 3.05. The van der Waals surface area contributed by atoms with Gasteiger partial charge < -0.3 is 15.5 Å². The Kier molecular flexibility index (Phi) is 4.38. The zero-order valence-corrected chi connectivity index (χ0v) is 10.8. The quantitative estimate of drug-likeness (QED) is 0.817. The summed E-state index contributed by atoms with van der Waals surface area (Å²) in [6.45, 7) is 5.37. The molecule has 18 heavy (non-hydrogen) atoms. The Morgan fingerprint density at radius 1 is 1.50 bits per heavy atom. The van der Waals surface area contributed by atoms with Crippen molar-refractivity contribution in [3.8, 4) is 0 Å². The molecule has 0 aliphatic carbocycles. The summed E-state index contributed by atoms with van der Waals surface area (Å²) in [5.41, 5.74) is 5.44. The zero-order chi connectivity index (χ0) is 13.0. The van der Waals surface area contributed by atoms with Crippen LogP contribution in [0.15, 0.2) is 16.5 Å². The summed E-state index contributed by atoms with van der Waals surface area (Å²) in [7, 11) is 0. The van der Waals surface area contributed by atoms with Gasteiger partial charge in [0, 0.05) is 12.6 Å². The summed E-state index contributed by atoms with van der Waals surface area (Å²) < 4.78 is 5.30. The molecule has 3 N–H and O–H groups in total. The fourth-order valence-electron chi connectivity index (χ4n) is 2.25. The number of amides is 1. The Labute approximate surface area is 107 Å². The van der Waals surface area contributed by atoms with E-state index in [1.807, 2.05) is 0 Å². The highest BCUT2D eigenvalue weighted by molar-refractivity contribution is 5.91. The Morgan fingerprint density at radius 2 is 2.22 bits per heavy atom. The van der Waals surface area contributed by atoms with Gasteiger partial charge in [0.05, 0.1) is 6.54 Å². The summed E-state index contributed by atoms with van der Waals surface area (Å²) >= 11 is 0. The largest absolute Gasteiger partial charge is 0.455 e. The van der Waals surface area contributed by atoms with Crippen molar-refractivity contribution in [3.05, 3.63) is 23.7 Å². The van der Waals surface area contributed by atoms with E-state index in [2.05, 4.69) is 17.1 Å². The van der Waals surface area contributed by atoms with E-state index in [-0.39, 0.29) is 5.91 Å². The molecule has 5 nitrogen and oxygen atoms in total. The minimum Gasteiger partial charge on any atom is -0.455 e. The Morgan fingerprint density at radius 3 is 2.83 bits per heavy atom. The molecular weight excluding hydrogens is 230 g/mol. The van der Waals surface area contributed by atoms with E-state index in [0.717, 1.165) is 13.1 Å². The maximum absolute atomic E-state index is 11.8. The normalized spacial score (nSPS) is 17.9. The van der Waals surface area contributed by atoms with Crippen molar-refractivity contribution < 1.29 is 9.21 Å². The molecule has 1 aromatic heterocycles. The minimum atomic E-state index is -0.166. The molecule has 1 fully saturated rings. The van der Waals surface area contributed by atoms with Crippen LogP contribution in [0.2, 0.25) is 0 Å². The molecule has 0 saturated carbocycles. The van der Waals surface area contributed by atoms with Gasteiger partial charge in [-0.15, -0.1) is 0 Å². The van der Waals surface area contributed by atoms with Gasteiger partial charge in [0.2, 0.25) is 0 Å². The molecule has 0 radical (unpaired) electrons. The molecule has 1 saturated heterocycles. The van der Waals surface area contributed by atoms with Gasteiger partial charge in [-0.25, -0.2) is 0 Å². The second kappa shape index (κ2) is 6.02. The monoisotopic (exact) mass is 251 g/mol. The average molecular weight is 251 g/mol. The molecule has 0 spiro atoms. The number of nitrogens with two attached hydrogens (primary N) is 1. The van der Waals surface area contributed by atoms with Crippen LogP contribution >= 0.6 is 0 Å². The third kappa shape index (κ3) is 3.11. The molecule has 1 aliphatic rings. The van der Waals surface area contributed by atoms with Crippen LogP contribution in [0.5, 0.6) is 0 Å². The second-order valence-corrected chi connectivity index (χ2v) is 4.77. The third-order valence-corrected chi connectivity index (χ3v) is 3.41. The molecular formula is C13H21N3O2. The smallest absolute Gasteiger partial charge is 0.287 e. The number of hydrogen-bond donors (Lipinski definition) is 2. The van der Waals surface area contributed by atoms with E-state index in [1.165, 1.54) is 12.8 Å². The number of hydrogen-bond acceptors (Lipinski definition) is 4. The molecule has 5 heteroatoms. The van der Waals surface area contributed by atoms with Gasteiger partial charge in [0.25, 0.3) is 5.91 Å². The van der Waals surface area contributed by atoms with Crippen molar-refractivity contribution in [2.75, 3.05) is 19.6 Å². The molecule has 2 heterocycles. The van der Waals surface area contributed by atoms with Crippen LogP contribution in [0.3, 0.4) is 0 Å². The molecule has 1 aliphatic heterocycles. The lowest BCUT2D eigenvalue weighted by molar-refractivity contribution is 0.0911. The van der Waals surface area contributed by atoms with Gasteiger partial charge >= 0.3 is 0 Å². The molecule has 100 valence electrons. The number of likely N-dealkylation sites (tertiary alicyclic amines) is 1. The Balaban J connectivity index is 1.80. The van der Waals surface area contributed by atoms with Gasteiger partial charge in [0.1, 0.15) is 5.76 Å². The maximum atomic E-state index is 11.8. The van der Waals surface area contributed by atoms with Crippen molar-refractivity contribution in [1.82, 2.24) is 10.2 Å². The first kappa shape index (κ1) is 13.1. The van der Waals surface area contributed by atoms with Crippen molar-refractivity contribution in [1.29, 1.82) is 0 Å². The summed E-state index contributed by atoms with van der Waals surface area (Å²) in [4.78, 5) is 14.2. The number of carbonyl (C=O) groups excluding carboxylic acids is 1. The summed E-state index contributed by atoms with van der Waals surface area (Å²) in [5.74, 6) is 0.803. The maximum Gasteiger partial charge on any atom is 0.287 e. The van der Waals surface area contributed by atoms with Crippen LogP contribution in [-0.2, 0) is 6.54 Å². The highest BCUT2D eigenvalue weighted by Crippen LogP contribution is 2.11. The fraction of sp³-hybridized carbons (Fsp3) is 0.615. The van der Waals surface area contributed by atoms with Crippen LogP contribution in [0.1, 0.15) is 36.1 Å². The first-order valence-corrected chi connectivity index (χ1v) is 6.51. The van der Waals surface area contributed by atoms with Gasteiger partial charge in [-0.1, -0.05) is 0 Å². The highest BCUT2D eigenvalue weighted by atomic mass is 16.4. The van der Waals surface area contributed by atoms with E-state index in [4.69, 9.17) is 10.2 Å². The zero-order valence-electron chi connectivity index (χ0n) is 10.8. The molecule has 1 unspecified atom stereocenters. The Hall–Kier alpha value is -1.33. The van der Waals surface area contributed by atoms with Gasteiger partial charge in [-0.3, -0.25) is 9.69 Å². The number of nitrogens with zero attached hydrogens (tertiary/aromatic N) is 1. The van der Waals surface area contributed by atoms with Crippen LogP contribution in [0.25, 0.3) is 0 Å². The first-order chi connectivity index (χ1) is 8.70. The summed E-state index contributed by atoms with van der Waals surface area (Å²) in [5, 5.41) is 2.90. The Bertz CT molecular complexity index is 397. The number of nitrogens with one attached hydrogen (secondary N) is 1. The number of furan rings is 1. The van der Waals surface area contributed by atoms with Crippen LogP contribution < -0.4 is 11.1 Å². The predicted octanol–water partition coefficient (Wildman–Crippen LogP) is 0.952. The number of rotatable bonds is 5. The standard InChI is InChI=1S/C13H21N3O2/c1-10(16-6-2-3-7-16)9-15-13(17)12-5-4-11(8-14)18-12/h4-5,10H,2-3,6-9,14H2,1H3,(H,15,17). The van der Waals surface area contributed by atoms with Gasteiger partial charge in [0.15, 0.2) is 5.76 Å². The van der Waals surface area contributed by atoms with E-state index in [0.29, 0.717) is 30.7 Å². The second-order valence-electron chi connectivity index (χ2n) is 4.77. The van der Waals surface area contributed by atoms with Crippen LogP contribution in [-0.4, -0.2) is 36.5 Å². The number of carbonyl (C=O) groups is 1. The molecule has 0 aromatic carbocycles. The SMILES string of the molecule is CC(CNC(=O)c1ccc(CN)o1)N1CCCC1. The molecule has 2 rings (SSSR count). The van der Waals surface area contributed by atoms with Gasteiger partial charge in [-0.2, -0.15) is 0 Å². The molecule has 1 aromatic rings. The molecule has 0 bridgehead atoms. The van der Waals surface area contributed by atoms with Crippen molar-refractivity contribution >= 4 is 5.91 Å². The van der Waals surface area contributed by atoms with E-state index in [1.54, 1.807) is 12.1 Å². The minimum absolute atomic E-state index is 0.166. The van der Waals surface area contributed by atoms with Crippen LogP contribution in [0, 0.1) is 0 Å². The lowest BCUT2D eigenvalue weighted by Crippen LogP contribution is -2.40. The first-order valence-electron chi connectivity index (χ1n) is 6.51. The predicted molar refractivity (Wildman–Crippen MR) is 69.2 cm³/mol. The van der Waals surface area contributed by atoms with Crippen molar-refractivity contribution in [2.24, 2.45) is 5.73 Å². The summed E-state index contributed by atoms with van der Waals surface area (Å²) in [6, 6.07) is 3.78. The highest BCUT2D eigenvalue weighted by Gasteiger charge is 2.19. The van der Waals surface area contributed by atoms with E-state index >= 15 is 0 Å². The van der Waals surface area contributed by atoms with Crippen molar-refractivity contribution in [3.63, 3.8) is 0 Å². The van der Waals surface area contributed by atoms with E-state index in [9.17, 15) is 4.79 Å². The molecule has 1 atom stereocenters. The lowest BCUT2D eigenvalue weighted by Gasteiger charge is -2.23. The van der Waals surface area contributed by atoms with E-state index < -0.39 is 0 Å². The topological polar surface area (TPSA) is 71.5 Å². The van der Waals surface area contributed by atoms with Gasteiger partial charge in [-0.05, 0) is 45.0 Å². The lowest BCUT2D eigenvalue weighted by atomic mass is 10.3. The summed E-state index contributed by atoms with van der Waals surface area (Å²) in [6.07, 6.45) is 2.52.